The number of alkyl halides is 1. The van der Waals surface area contributed by atoms with E-state index < -0.39 is 0 Å². The highest BCUT2D eigenvalue weighted by Gasteiger charge is 2.26. The molecule has 1 fully saturated rings. The van der Waals surface area contributed by atoms with Crippen molar-refractivity contribution in [2.75, 3.05) is 26.3 Å². The molecule has 1 aliphatic rings. The van der Waals surface area contributed by atoms with E-state index in [-0.39, 0.29) is 12.6 Å². The fraction of sp³-hybridized carbons (Fsp3) is 0.400. The normalized spacial score (nSPS) is 18.6. The van der Waals surface area contributed by atoms with Crippen LogP contribution in [-0.4, -0.2) is 36.3 Å². The maximum atomic E-state index is 13.0. The van der Waals surface area contributed by atoms with E-state index in [4.69, 9.17) is 0 Å². The van der Waals surface area contributed by atoms with Crippen molar-refractivity contribution in [3.8, 4) is 0 Å². The van der Waals surface area contributed by atoms with Gasteiger partial charge in [-0.3, -0.25) is 4.39 Å². The van der Waals surface area contributed by atoms with Crippen molar-refractivity contribution in [2.45, 2.75) is 19.4 Å². The molecule has 1 aliphatic heterocycles. The molecule has 0 saturated carbocycles. The van der Waals surface area contributed by atoms with Crippen LogP contribution in [-0.2, 0) is 13.0 Å². The van der Waals surface area contributed by atoms with Crippen molar-refractivity contribution in [1.82, 2.24) is 10.0 Å². The second-order valence-electron chi connectivity index (χ2n) is 6.33. The minimum Gasteiger partial charge on any atom is -0.251 e. The lowest BCUT2D eigenvalue weighted by Crippen LogP contribution is -2.42. The summed E-state index contributed by atoms with van der Waals surface area (Å²) >= 11 is 0. The molecule has 1 atom stereocenters. The third kappa shape index (κ3) is 4.63. The summed E-state index contributed by atoms with van der Waals surface area (Å²) in [6, 6.07) is 21.1. The number of benzene rings is 2. The molecule has 1 saturated heterocycles. The molecular weight excluding hydrogens is 287 g/mol. The van der Waals surface area contributed by atoms with E-state index >= 15 is 0 Å². The topological polar surface area (TPSA) is 6.48 Å². The van der Waals surface area contributed by atoms with Crippen LogP contribution in [0.5, 0.6) is 0 Å². The fourth-order valence-corrected chi connectivity index (χ4v) is 3.21. The predicted octanol–water partition coefficient (Wildman–Crippen LogP) is 3.94. The first-order valence-corrected chi connectivity index (χ1v) is 8.49. The van der Waals surface area contributed by atoms with Crippen molar-refractivity contribution >= 4 is 0 Å². The van der Waals surface area contributed by atoms with Crippen LogP contribution in [0.3, 0.4) is 0 Å². The number of nitrogens with zero attached hydrogens (tertiary/aromatic N) is 2. The van der Waals surface area contributed by atoms with Crippen molar-refractivity contribution in [3.05, 3.63) is 71.8 Å². The van der Waals surface area contributed by atoms with E-state index in [0.29, 0.717) is 0 Å². The zero-order valence-electron chi connectivity index (χ0n) is 13.6. The SMILES string of the molecule is FC[C@@H]1CCN(N(CCc2ccccc2)Cc2ccccc2)C1. The van der Waals surface area contributed by atoms with Crippen LogP contribution in [0.2, 0.25) is 0 Å². The molecule has 0 radical (unpaired) electrons. The zero-order chi connectivity index (χ0) is 15.9. The molecule has 3 rings (SSSR count). The molecule has 3 heteroatoms. The minimum atomic E-state index is -0.200. The van der Waals surface area contributed by atoms with Gasteiger partial charge in [0, 0.05) is 32.1 Å². The van der Waals surface area contributed by atoms with Crippen molar-refractivity contribution < 1.29 is 4.39 Å². The molecular formula is C20H25FN2. The Morgan fingerprint density at radius 1 is 0.957 bits per heavy atom. The predicted molar refractivity (Wildman–Crippen MR) is 92.7 cm³/mol. The third-order valence-corrected chi connectivity index (χ3v) is 4.59. The first kappa shape index (κ1) is 16.2. The Bertz CT molecular complexity index is 573. The average Bonchev–Trinajstić information content (AvgIpc) is 3.09. The smallest absolute Gasteiger partial charge is 0.0935 e. The minimum absolute atomic E-state index is 0.199. The van der Waals surface area contributed by atoms with E-state index in [2.05, 4.69) is 64.6 Å². The number of halogens is 1. The summed E-state index contributed by atoms with van der Waals surface area (Å²) < 4.78 is 13.0. The van der Waals surface area contributed by atoms with Crippen LogP contribution in [0.15, 0.2) is 60.7 Å². The van der Waals surface area contributed by atoms with Crippen molar-refractivity contribution in [2.24, 2.45) is 5.92 Å². The largest absolute Gasteiger partial charge is 0.251 e. The summed E-state index contributed by atoms with van der Waals surface area (Å²) in [7, 11) is 0. The number of hydrazine groups is 1. The lowest BCUT2D eigenvalue weighted by Gasteiger charge is -2.32. The standard InChI is InChI=1S/C20H25FN2/c21-15-20-12-14-23(17-20)22(16-19-9-5-2-6-10-19)13-11-18-7-3-1-4-8-18/h1-10,20H,11-17H2/t20-/m0/s1. The van der Waals surface area contributed by atoms with Gasteiger partial charge in [-0.05, 0) is 24.0 Å². The summed E-state index contributed by atoms with van der Waals surface area (Å²) in [5, 5.41) is 4.75. The summed E-state index contributed by atoms with van der Waals surface area (Å²) in [6.07, 6.45) is 1.98. The zero-order valence-corrected chi connectivity index (χ0v) is 13.6. The third-order valence-electron chi connectivity index (χ3n) is 4.59. The molecule has 0 N–H and O–H groups in total. The van der Waals surface area contributed by atoms with E-state index in [9.17, 15) is 4.39 Å². The molecule has 0 bridgehead atoms. The van der Waals surface area contributed by atoms with Gasteiger partial charge in [-0.15, -0.1) is 0 Å². The molecule has 2 nitrogen and oxygen atoms in total. The molecule has 0 aromatic heterocycles. The molecule has 0 unspecified atom stereocenters. The quantitative estimate of drug-likeness (QED) is 0.764. The van der Waals surface area contributed by atoms with Crippen LogP contribution in [0.4, 0.5) is 4.39 Å². The van der Waals surface area contributed by atoms with Gasteiger partial charge in [-0.1, -0.05) is 60.7 Å². The Hall–Kier alpha value is -1.71. The lowest BCUT2D eigenvalue weighted by atomic mass is 10.1. The van der Waals surface area contributed by atoms with Crippen LogP contribution in [0, 0.1) is 5.92 Å². The van der Waals surface area contributed by atoms with Crippen LogP contribution in [0.1, 0.15) is 17.5 Å². The number of rotatable bonds is 7. The summed E-state index contributed by atoms with van der Waals surface area (Å²) in [5.41, 5.74) is 2.66. The van der Waals surface area contributed by atoms with Gasteiger partial charge >= 0.3 is 0 Å². The van der Waals surface area contributed by atoms with Gasteiger partial charge in [0.1, 0.15) is 0 Å². The second-order valence-corrected chi connectivity index (χ2v) is 6.33. The maximum Gasteiger partial charge on any atom is 0.0935 e. The summed E-state index contributed by atoms with van der Waals surface area (Å²) in [4.78, 5) is 0. The van der Waals surface area contributed by atoms with Gasteiger partial charge in [0.05, 0.1) is 6.67 Å². The monoisotopic (exact) mass is 312 g/mol. The van der Waals surface area contributed by atoms with Crippen LogP contribution in [0.25, 0.3) is 0 Å². The Kier molecular flexibility index (Phi) is 5.78. The molecule has 1 heterocycles. The Balaban J connectivity index is 1.65. The molecule has 23 heavy (non-hydrogen) atoms. The van der Waals surface area contributed by atoms with Gasteiger partial charge in [-0.2, -0.15) is 0 Å². The fourth-order valence-electron chi connectivity index (χ4n) is 3.21. The van der Waals surface area contributed by atoms with E-state index in [0.717, 1.165) is 39.0 Å². The molecule has 2 aromatic rings. The van der Waals surface area contributed by atoms with Gasteiger partial charge in [0.2, 0.25) is 0 Å². The van der Waals surface area contributed by atoms with Gasteiger partial charge in [0.25, 0.3) is 0 Å². The molecule has 2 aromatic carbocycles. The van der Waals surface area contributed by atoms with Gasteiger partial charge in [0.15, 0.2) is 0 Å². The van der Waals surface area contributed by atoms with Crippen molar-refractivity contribution in [1.29, 1.82) is 0 Å². The van der Waals surface area contributed by atoms with Crippen molar-refractivity contribution in [3.63, 3.8) is 0 Å². The van der Waals surface area contributed by atoms with E-state index in [1.807, 2.05) is 6.07 Å². The highest BCUT2D eigenvalue weighted by molar-refractivity contribution is 5.16. The Morgan fingerprint density at radius 2 is 1.61 bits per heavy atom. The first-order chi connectivity index (χ1) is 11.3. The Morgan fingerprint density at radius 3 is 2.22 bits per heavy atom. The van der Waals surface area contributed by atoms with Crippen LogP contribution < -0.4 is 0 Å². The summed E-state index contributed by atoms with van der Waals surface area (Å²) in [6.45, 7) is 3.48. The Labute approximate surface area is 138 Å². The number of hydrogen-bond donors (Lipinski definition) is 0. The summed E-state index contributed by atoms with van der Waals surface area (Å²) in [5.74, 6) is 0.199. The van der Waals surface area contributed by atoms with E-state index in [1.165, 1.54) is 11.1 Å². The molecule has 122 valence electrons. The molecule has 0 spiro atoms. The molecule has 0 aliphatic carbocycles. The lowest BCUT2D eigenvalue weighted by molar-refractivity contribution is -0.0148. The second kappa shape index (κ2) is 8.23. The first-order valence-electron chi connectivity index (χ1n) is 8.49. The van der Waals surface area contributed by atoms with Gasteiger partial charge in [-0.25, -0.2) is 10.0 Å². The number of hydrogen-bond acceptors (Lipinski definition) is 2. The average molecular weight is 312 g/mol. The highest BCUT2D eigenvalue weighted by atomic mass is 19.1. The molecule has 0 amide bonds. The highest BCUT2D eigenvalue weighted by Crippen LogP contribution is 2.20. The maximum absolute atomic E-state index is 13.0. The van der Waals surface area contributed by atoms with E-state index in [1.54, 1.807) is 0 Å². The van der Waals surface area contributed by atoms with Crippen LogP contribution >= 0.6 is 0 Å². The van der Waals surface area contributed by atoms with Gasteiger partial charge < -0.3 is 0 Å².